The highest BCUT2D eigenvalue weighted by Crippen LogP contribution is 2.21. The largest absolute Gasteiger partial charge is 0.453 e. The van der Waals surface area contributed by atoms with E-state index in [9.17, 15) is 0 Å². The second-order valence-electron chi connectivity index (χ2n) is 3.78. The first-order chi connectivity index (χ1) is 6.44. The van der Waals surface area contributed by atoms with E-state index in [2.05, 4.69) is 27.2 Å². The molecule has 0 aliphatic carbocycles. The van der Waals surface area contributed by atoms with E-state index in [1.54, 1.807) is 0 Å². The van der Waals surface area contributed by atoms with Crippen molar-refractivity contribution in [3.05, 3.63) is 22.6 Å². The van der Waals surface area contributed by atoms with Crippen molar-refractivity contribution in [2.24, 2.45) is 0 Å². The van der Waals surface area contributed by atoms with Crippen molar-refractivity contribution < 1.29 is 4.42 Å². The van der Waals surface area contributed by atoms with Gasteiger partial charge in [-0.15, -0.1) is 6.42 Å². The molecule has 1 atom stereocenters. The standard InChI is InChI=1S/C11H14BrNO/c1-5-11(3,4)13-8(2)9-6-7-10(12)14-9/h1,6-8,13H,2-4H3. The van der Waals surface area contributed by atoms with E-state index >= 15 is 0 Å². The number of nitrogens with one attached hydrogen (secondary N) is 1. The number of halogens is 1. The summed E-state index contributed by atoms with van der Waals surface area (Å²) in [6.07, 6.45) is 5.39. The van der Waals surface area contributed by atoms with Crippen LogP contribution in [0.2, 0.25) is 0 Å². The van der Waals surface area contributed by atoms with Gasteiger partial charge in [-0.2, -0.15) is 0 Å². The maximum absolute atomic E-state index is 5.42. The van der Waals surface area contributed by atoms with Gasteiger partial charge in [-0.3, -0.25) is 5.32 Å². The van der Waals surface area contributed by atoms with Crippen molar-refractivity contribution >= 4 is 15.9 Å². The fourth-order valence-electron chi connectivity index (χ4n) is 1.22. The molecule has 1 aromatic heterocycles. The minimum atomic E-state index is -0.321. The second kappa shape index (κ2) is 4.20. The summed E-state index contributed by atoms with van der Waals surface area (Å²) in [5.74, 6) is 3.56. The molecule has 14 heavy (non-hydrogen) atoms. The van der Waals surface area contributed by atoms with Crippen molar-refractivity contribution in [3.63, 3.8) is 0 Å². The van der Waals surface area contributed by atoms with Gasteiger partial charge in [0.2, 0.25) is 0 Å². The Morgan fingerprint density at radius 2 is 2.21 bits per heavy atom. The summed E-state index contributed by atoms with van der Waals surface area (Å²) in [7, 11) is 0. The van der Waals surface area contributed by atoms with Crippen LogP contribution >= 0.6 is 15.9 Å². The van der Waals surface area contributed by atoms with Gasteiger partial charge in [0.15, 0.2) is 4.67 Å². The Balaban J connectivity index is 2.69. The smallest absolute Gasteiger partial charge is 0.169 e. The molecular weight excluding hydrogens is 242 g/mol. The molecule has 0 saturated carbocycles. The van der Waals surface area contributed by atoms with Crippen LogP contribution in [0.5, 0.6) is 0 Å². The zero-order chi connectivity index (χ0) is 10.8. The first-order valence-electron chi connectivity index (χ1n) is 4.45. The fourth-order valence-corrected chi connectivity index (χ4v) is 1.53. The monoisotopic (exact) mass is 255 g/mol. The summed E-state index contributed by atoms with van der Waals surface area (Å²) >= 11 is 3.26. The Bertz CT molecular complexity index is 348. The van der Waals surface area contributed by atoms with E-state index in [0.29, 0.717) is 0 Å². The van der Waals surface area contributed by atoms with E-state index in [-0.39, 0.29) is 11.6 Å². The summed E-state index contributed by atoms with van der Waals surface area (Å²) in [6, 6.07) is 3.90. The first kappa shape index (κ1) is 11.4. The Kier molecular flexibility index (Phi) is 3.41. The Labute approximate surface area is 93.2 Å². The van der Waals surface area contributed by atoms with Crippen molar-refractivity contribution in [1.29, 1.82) is 0 Å². The topological polar surface area (TPSA) is 25.2 Å². The van der Waals surface area contributed by atoms with Crippen molar-refractivity contribution in [3.8, 4) is 12.3 Å². The zero-order valence-electron chi connectivity index (χ0n) is 8.60. The molecule has 2 nitrogen and oxygen atoms in total. The molecule has 76 valence electrons. The Morgan fingerprint density at radius 1 is 1.57 bits per heavy atom. The normalized spacial score (nSPS) is 13.6. The van der Waals surface area contributed by atoms with E-state index < -0.39 is 0 Å². The van der Waals surface area contributed by atoms with Gasteiger partial charge in [-0.05, 0) is 48.8 Å². The molecule has 1 unspecified atom stereocenters. The molecule has 0 aromatic carbocycles. The van der Waals surface area contributed by atoms with Crippen LogP contribution in [-0.2, 0) is 0 Å². The highest BCUT2D eigenvalue weighted by Gasteiger charge is 2.19. The van der Waals surface area contributed by atoms with Gasteiger partial charge in [0.05, 0.1) is 11.6 Å². The molecule has 0 aliphatic heterocycles. The molecule has 1 N–H and O–H groups in total. The average Bonchev–Trinajstić information content (AvgIpc) is 2.51. The van der Waals surface area contributed by atoms with Gasteiger partial charge < -0.3 is 4.42 Å². The average molecular weight is 256 g/mol. The van der Waals surface area contributed by atoms with Crippen molar-refractivity contribution in [1.82, 2.24) is 5.32 Å². The highest BCUT2D eigenvalue weighted by atomic mass is 79.9. The number of hydrogen-bond acceptors (Lipinski definition) is 2. The third kappa shape index (κ3) is 2.90. The number of rotatable bonds is 3. The lowest BCUT2D eigenvalue weighted by Crippen LogP contribution is -2.39. The number of hydrogen-bond donors (Lipinski definition) is 1. The van der Waals surface area contributed by atoms with Gasteiger partial charge in [-0.25, -0.2) is 0 Å². The van der Waals surface area contributed by atoms with Gasteiger partial charge in [-0.1, -0.05) is 5.92 Å². The van der Waals surface area contributed by atoms with Crippen LogP contribution in [0, 0.1) is 12.3 Å². The summed E-state index contributed by atoms with van der Waals surface area (Å²) in [6.45, 7) is 5.94. The van der Waals surface area contributed by atoms with Crippen LogP contribution in [-0.4, -0.2) is 5.54 Å². The lowest BCUT2D eigenvalue weighted by Gasteiger charge is -2.23. The number of terminal acetylenes is 1. The molecule has 0 fully saturated rings. The maximum Gasteiger partial charge on any atom is 0.169 e. The van der Waals surface area contributed by atoms with Gasteiger partial charge in [0.25, 0.3) is 0 Å². The summed E-state index contributed by atoms with van der Waals surface area (Å²) < 4.78 is 6.16. The molecule has 1 heterocycles. The molecule has 0 saturated heterocycles. The first-order valence-corrected chi connectivity index (χ1v) is 5.24. The molecule has 1 rings (SSSR count). The van der Waals surface area contributed by atoms with Crippen molar-refractivity contribution in [2.75, 3.05) is 0 Å². The Morgan fingerprint density at radius 3 is 2.64 bits per heavy atom. The van der Waals surface area contributed by atoms with Crippen LogP contribution in [0.15, 0.2) is 21.2 Å². The minimum Gasteiger partial charge on any atom is -0.453 e. The SMILES string of the molecule is C#CC(C)(C)NC(C)c1ccc(Br)o1. The molecule has 0 radical (unpaired) electrons. The molecule has 1 aromatic rings. The maximum atomic E-state index is 5.42. The quantitative estimate of drug-likeness (QED) is 0.840. The van der Waals surface area contributed by atoms with E-state index in [1.807, 2.05) is 32.9 Å². The minimum absolute atomic E-state index is 0.104. The second-order valence-corrected chi connectivity index (χ2v) is 4.56. The van der Waals surface area contributed by atoms with Crippen LogP contribution in [0.4, 0.5) is 0 Å². The van der Waals surface area contributed by atoms with Gasteiger partial charge in [0.1, 0.15) is 5.76 Å². The van der Waals surface area contributed by atoms with Crippen LogP contribution < -0.4 is 5.32 Å². The molecule has 0 spiro atoms. The highest BCUT2D eigenvalue weighted by molar-refractivity contribution is 9.10. The van der Waals surface area contributed by atoms with E-state index in [1.165, 1.54) is 0 Å². The van der Waals surface area contributed by atoms with Crippen molar-refractivity contribution in [2.45, 2.75) is 32.4 Å². The molecule has 0 amide bonds. The zero-order valence-corrected chi connectivity index (χ0v) is 10.2. The van der Waals surface area contributed by atoms with E-state index in [0.717, 1.165) is 10.4 Å². The van der Waals surface area contributed by atoms with E-state index in [4.69, 9.17) is 10.8 Å². The fraction of sp³-hybridized carbons (Fsp3) is 0.455. The predicted molar refractivity (Wildman–Crippen MR) is 60.9 cm³/mol. The number of furan rings is 1. The third-order valence-electron chi connectivity index (χ3n) is 1.96. The molecular formula is C11H14BrNO. The summed E-state index contributed by atoms with van der Waals surface area (Å²) in [5.41, 5.74) is -0.321. The molecule has 0 bridgehead atoms. The lowest BCUT2D eigenvalue weighted by molar-refractivity contribution is 0.366. The van der Waals surface area contributed by atoms with Crippen LogP contribution in [0.3, 0.4) is 0 Å². The van der Waals surface area contributed by atoms with Crippen LogP contribution in [0.1, 0.15) is 32.6 Å². The van der Waals surface area contributed by atoms with Gasteiger partial charge >= 0.3 is 0 Å². The lowest BCUT2D eigenvalue weighted by atomic mass is 10.1. The molecule has 0 aliphatic rings. The third-order valence-corrected chi connectivity index (χ3v) is 2.39. The summed E-state index contributed by atoms with van der Waals surface area (Å²) in [4.78, 5) is 0. The predicted octanol–water partition coefficient (Wildman–Crippen LogP) is 3.10. The summed E-state index contributed by atoms with van der Waals surface area (Å²) in [5, 5.41) is 3.28. The van der Waals surface area contributed by atoms with Gasteiger partial charge in [0, 0.05) is 0 Å². The Hall–Kier alpha value is -0.720. The molecule has 3 heteroatoms. The van der Waals surface area contributed by atoms with Crippen LogP contribution in [0.25, 0.3) is 0 Å².